The van der Waals surface area contributed by atoms with Crippen molar-refractivity contribution in [1.29, 1.82) is 0 Å². The third-order valence-electron chi connectivity index (χ3n) is 0.946. The molecule has 0 atom stereocenters. The molecule has 1 aromatic heterocycles. The molecule has 56 valence electrons. The molecule has 0 saturated heterocycles. The first kappa shape index (κ1) is 7.64. The minimum Gasteiger partial charge on any atom is -0.350 e. The minimum atomic E-state index is -4.12. The van der Waals surface area contributed by atoms with Gasteiger partial charge in [0.1, 0.15) is 0 Å². The van der Waals surface area contributed by atoms with E-state index in [9.17, 15) is 8.42 Å². The fourth-order valence-electron chi connectivity index (χ4n) is 0.553. The number of thiol groups is 1. The van der Waals surface area contributed by atoms with Crippen molar-refractivity contribution >= 4 is 22.7 Å². The summed E-state index contributed by atoms with van der Waals surface area (Å²) < 4.78 is 29.2. The molecule has 6 heteroatoms. The standard InChI is InChI=1S/C4H5NO3S2/c6-10(7,8)4-3(9)1-2-5-4/h1-2,5,9H,(H,6,7,8). The van der Waals surface area contributed by atoms with Gasteiger partial charge in [-0.3, -0.25) is 4.55 Å². The fourth-order valence-corrected chi connectivity index (χ4v) is 1.59. The van der Waals surface area contributed by atoms with Crippen molar-refractivity contribution in [2.24, 2.45) is 0 Å². The number of rotatable bonds is 1. The van der Waals surface area contributed by atoms with Crippen LogP contribution in [0.3, 0.4) is 0 Å². The lowest BCUT2D eigenvalue weighted by molar-refractivity contribution is 0.477. The highest BCUT2D eigenvalue weighted by molar-refractivity contribution is 7.87. The van der Waals surface area contributed by atoms with Crippen molar-refractivity contribution in [3.8, 4) is 0 Å². The normalized spacial score (nSPS) is 11.8. The van der Waals surface area contributed by atoms with Crippen LogP contribution in [-0.4, -0.2) is 18.0 Å². The number of aromatic nitrogens is 1. The second kappa shape index (κ2) is 2.30. The Hall–Kier alpha value is -0.460. The number of aromatic amines is 1. The van der Waals surface area contributed by atoms with Crippen molar-refractivity contribution in [3.05, 3.63) is 12.3 Å². The van der Waals surface area contributed by atoms with Gasteiger partial charge in [0.05, 0.1) is 0 Å². The lowest BCUT2D eigenvalue weighted by Gasteiger charge is -1.91. The maximum Gasteiger partial charge on any atom is 0.311 e. The Kier molecular flexibility index (Phi) is 1.76. The summed E-state index contributed by atoms with van der Waals surface area (Å²) in [6, 6.07) is 1.44. The van der Waals surface area contributed by atoms with Crippen LogP contribution in [0.2, 0.25) is 0 Å². The molecule has 1 heterocycles. The van der Waals surface area contributed by atoms with Crippen LogP contribution in [-0.2, 0) is 10.1 Å². The molecule has 2 N–H and O–H groups in total. The summed E-state index contributed by atoms with van der Waals surface area (Å²) in [5, 5.41) is -0.268. The van der Waals surface area contributed by atoms with E-state index < -0.39 is 10.1 Å². The highest BCUT2D eigenvalue weighted by Gasteiger charge is 2.13. The van der Waals surface area contributed by atoms with Crippen molar-refractivity contribution in [2.75, 3.05) is 0 Å². The Bertz CT molecular complexity index is 326. The predicted molar refractivity (Wildman–Crippen MR) is 37.9 cm³/mol. The molecular weight excluding hydrogens is 174 g/mol. The molecular formula is C4H5NO3S2. The first-order chi connectivity index (χ1) is 4.52. The zero-order valence-electron chi connectivity index (χ0n) is 4.77. The van der Waals surface area contributed by atoms with E-state index in [1.807, 2.05) is 0 Å². The Morgan fingerprint density at radius 3 is 2.40 bits per heavy atom. The van der Waals surface area contributed by atoms with Gasteiger partial charge in [0.2, 0.25) is 0 Å². The molecule has 0 amide bonds. The average Bonchev–Trinajstić information content (AvgIpc) is 2.11. The monoisotopic (exact) mass is 179 g/mol. The first-order valence-electron chi connectivity index (χ1n) is 2.35. The van der Waals surface area contributed by atoms with Gasteiger partial charge in [-0.2, -0.15) is 8.42 Å². The van der Waals surface area contributed by atoms with Crippen molar-refractivity contribution in [2.45, 2.75) is 9.92 Å². The molecule has 0 radical (unpaired) electrons. The molecule has 1 rings (SSSR count). The third kappa shape index (κ3) is 1.34. The van der Waals surface area contributed by atoms with Gasteiger partial charge in [-0.25, -0.2) is 0 Å². The number of hydrogen-bond acceptors (Lipinski definition) is 3. The van der Waals surface area contributed by atoms with Gasteiger partial charge >= 0.3 is 10.1 Å². The van der Waals surface area contributed by atoms with Gasteiger partial charge in [-0.15, -0.1) is 12.6 Å². The summed E-state index contributed by atoms with van der Waals surface area (Å²) in [5.41, 5.74) is 0. The molecule has 0 aliphatic heterocycles. The molecule has 0 spiro atoms. The number of nitrogens with one attached hydrogen (secondary N) is 1. The van der Waals surface area contributed by atoms with Gasteiger partial charge in [0, 0.05) is 11.1 Å². The first-order valence-corrected chi connectivity index (χ1v) is 4.24. The average molecular weight is 179 g/mol. The molecule has 0 unspecified atom stereocenters. The van der Waals surface area contributed by atoms with Crippen LogP contribution in [0.15, 0.2) is 22.2 Å². The molecule has 0 aliphatic carbocycles. The number of H-pyrrole nitrogens is 1. The summed E-state index contributed by atoms with van der Waals surface area (Å²) in [6.07, 6.45) is 1.38. The minimum absolute atomic E-state index is 0.211. The Balaban J connectivity index is 3.32. The smallest absolute Gasteiger partial charge is 0.311 e. The van der Waals surface area contributed by atoms with E-state index in [2.05, 4.69) is 17.6 Å². The summed E-state index contributed by atoms with van der Waals surface area (Å²) in [4.78, 5) is 2.54. The van der Waals surface area contributed by atoms with Crippen LogP contribution in [0.25, 0.3) is 0 Å². The van der Waals surface area contributed by atoms with Crippen LogP contribution < -0.4 is 0 Å². The van der Waals surface area contributed by atoms with Crippen molar-refractivity contribution < 1.29 is 13.0 Å². The quantitative estimate of drug-likeness (QED) is 0.435. The van der Waals surface area contributed by atoms with Gasteiger partial charge in [0.25, 0.3) is 0 Å². The topological polar surface area (TPSA) is 70.2 Å². The molecule has 1 aromatic rings. The molecule has 0 saturated carbocycles. The second-order valence-corrected chi connectivity index (χ2v) is 3.51. The molecule has 10 heavy (non-hydrogen) atoms. The molecule has 0 fully saturated rings. The van der Waals surface area contributed by atoms with Gasteiger partial charge in [-0.05, 0) is 6.07 Å². The summed E-state index contributed by atoms with van der Waals surface area (Å²) in [7, 11) is -4.12. The van der Waals surface area contributed by atoms with E-state index in [4.69, 9.17) is 4.55 Å². The Morgan fingerprint density at radius 2 is 2.20 bits per heavy atom. The van der Waals surface area contributed by atoms with Crippen molar-refractivity contribution in [3.63, 3.8) is 0 Å². The van der Waals surface area contributed by atoms with E-state index in [0.717, 1.165) is 0 Å². The van der Waals surface area contributed by atoms with Crippen LogP contribution in [0.1, 0.15) is 0 Å². The summed E-state index contributed by atoms with van der Waals surface area (Å²) >= 11 is 3.77. The van der Waals surface area contributed by atoms with Crippen LogP contribution >= 0.6 is 12.6 Å². The van der Waals surface area contributed by atoms with E-state index in [1.165, 1.54) is 12.3 Å². The van der Waals surface area contributed by atoms with E-state index in [1.54, 1.807) is 0 Å². The largest absolute Gasteiger partial charge is 0.350 e. The zero-order valence-corrected chi connectivity index (χ0v) is 6.48. The van der Waals surface area contributed by atoms with Crippen LogP contribution in [0.5, 0.6) is 0 Å². The van der Waals surface area contributed by atoms with Crippen molar-refractivity contribution in [1.82, 2.24) is 4.98 Å². The lowest BCUT2D eigenvalue weighted by atomic mass is 10.7. The zero-order chi connectivity index (χ0) is 7.78. The number of hydrogen-bond donors (Lipinski definition) is 3. The SMILES string of the molecule is O=S(=O)(O)c1[nH]ccc1S. The van der Waals surface area contributed by atoms with Gasteiger partial charge in [-0.1, -0.05) is 0 Å². The summed E-state index contributed by atoms with van der Waals surface area (Å²) in [5.74, 6) is 0. The fraction of sp³-hybridized carbons (Fsp3) is 0. The lowest BCUT2D eigenvalue weighted by Crippen LogP contribution is -1.98. The maximum atomic E-state index is 10.4. The maximum absolute atomic E-state index is 10.4. The molecule has 0 bridgehead atoms. The van der Waals surface area contributed by atoms with Crippen LogP contribution in [0.4, 0.5) is 0 Å². The molecule has 4 nitrogen and oxygen atoms in total. The molecule has 0 aromatic carbocycles. The predicted octanol–water partition coefficient (Wildman–Crippen LogP) is 0.550. The van der Waals surface area contributed by atoms with Crippen LogP contribution in [0, 0.1) is 0 Å². The highest BCUT2D eigenvalue weighted by atomic mass is 32.2. The second-order valence-electron chi connectivity index (χ2n) is 1.67. The third-order valence-corrected chi connectivity index (χ3v) is 2.32. The van der Waals surface area contributed by atoms with E-state index >= 15 is 0 Å². The van der Waals surface area contributed by atoms with E-state index in [-0.39, 0.29) is 9.92 Å². The van der Waals surface area contributed by atoms with E-state index in [0.29, 0.717) is 0 Å². The Labute approximate surface area is 63.4 Å². The Morgan fingerprint density at radius 1 is 1.60 bits per heavy atom. The van der Waals surface area contributed by atoms with Gasteiger partial charge in [0.15, 0.2) is 5.03 Å². The van der Waals surface area contributed by atoms with Gasteiger partial charge < -0.3 is 4.98 Å². The summed E-state index contributed by atoms with van der Waals surface area (Å²) in [6.45, 7) is 0. The molecule has 0 aliphatic rings. The highest BCUT2D eigenvalue weighted by Crippen LogP contribution is 2.15.